The van der Waals surface area contributed by atoms with Crippen LogP contribution in [0.1, 0.15) is 85.8 Å². The maximum Gasteiger partial charge on any atom is 0.224 e. The van der Waals surface area contributed by atoms with Crippen molar-refractivity contribution in [2.45, 2.75) is 103 Å². The minimum Gasteiger partial charge on any atom is -0.493 e. The molecule has 0 radical (unpaired) electrons. The molecule has 7 rings (SSSR count). The van der Waals surface area contributed by atoms with E-state index in [1.165, 1.54) is 12.0 Å². The third kappa shape index (κ3) is 7.56. The van der Waals surface area contributed by atoms with Crippen molar-refractivity contribution in [1.82, 2.24) is 14.8 Å². The van der Waals surface area contributed by atoms with Crippen LogP contribution in [-0.4, -0.2) is 45.9 Å². The number of halogens is 2. The van der Waals surface area contributed by atoms with E-state index >= 15 is 0 Å². The second kappa shape index (κ2) is 14.4. The summed E-state index contributed by atoms with van der Waals surface area (Å²) >= 11 is 12.2. The zero-order chi connectivity index (χ0) is 32.4. The topological polar surface area (TPSA) is 63.6 Å². The summed E-state index contributed by atoms with van der Waals surface area (Å²) in [5.41, 5.74) is 4.02. The predicted octanol–water partition coefficient (Wildman–Crippen LogP) is 6.59. The number of ketones is 1. The summed E-state index contributed by atoms with van der Waals surface area (Å²) in [6.07, 6.45) is 11.7. The molecule has 1 saturated carbocycles. The van der Waals surface area contributed by atoms with Gasteiger partial charge in [-0.1, -0.05) is 59.1 Å². The van der Waals surface area contributed by atoms with Crippen molar-refractivity contribution in [3.05, 3.63) is 91.5 Å². The Morgan fingerprint density at radius 2 is 1.83 bits per heavy atom. The number of carbonyl (C=O) groups is 2. The predicted molar refractivity (Wildman–Crippen MR) is 185 cm³/mol. The van der Waals surface area contributed by atoms with Gasteiger partial charge in [0, 0.05) is 61.5 Å². The molecule has 2 saturated heterocycles. The molecule has 2 bridgehead atoms. The van der Waals surface area contributed by atoms with Crippen LogP contribution in [0.25, 0.3) is 11.8 Å². The quantitative estimate of drug-likeness (QED) is 0.210. The van der Waals surface area contributed by atoms with Crippen LogP contribution >= 0.6 is 23.2 Å². The Labute approximate surface area is 282 Å². The Morgan fingerprint density at radius 3 is 2.57 bits per heavy atom. The molecule has 1 aromatic heterocycles. The Bertz CT molecular complexity index is 1720. The first-order chi connectivity index (χ1) is 22.1. The highest BCUT2D eigenvalue weighted by molar-refractivity contribution is 6.42. The number of aromatic nitrogens is 1. The van der Waals surface area contributed by atoms with Crippen LogP contribution in [0.2, 0.25) is 10.0 Å². The van der Waals surface area contributed by atoms with Gasteiger partial charge in [-0.3, -0.25) is 14.5 Å². The summed E-state index contributed by atoms with van der Waals surface area (Å²) in [4.78, 5) is 28.7. The van der Waals surface area contributed by atoms with Crippen LogP contribution in [-0.2, 0) is 29.0 Å². The van der Waals surface area contributed by atoms with E-state index in [4.69, 9.17) is 27.9 Å². The van der Waals surface area contributed by atoms with Gasteiger partial charge in [0.25, 0.3) is 0 Å². The first-order valence-electron chi connectivity index (χ1n) is 16.8. The average molecular weight is 663 g/mol. The normalized spacial score (nSPS) is 20.6. The lowest BCUT2D eigenvalue weighted by Gasteiger charge is -2.55. The number of hydrogen-bond acceptors (Lipinski definition) is 4. The van der Waals surface area contributed by atoms with Crippen LogP contribution in [0.5, 0.6) is 0 Å². The molecule has 3 fully saturated rings. The molecule has 2 unspecified atom stereocenters. The third-order valence-electron chi connectivity index (χ3n) is 9.71. The molecule has 2 aromatic carbocycles. The molecule has 2 aliphatic carbocycles. The number of Topliss-reactive ketones (excluding diaryl/α,β-unsaturated/α-hetero) is 1. The molecule has 3 heterocycles. The molecule has 46 heavy (non-hydrogen) atoms. The van der Waals surface area contributed by atoms with E-state index in [1.54, 1.807) is 18.2 Å². The minimum absolute atomic E-state index is 0.0346. The van der Waals surface area contributed by atoms with Gasteiger partial charge in [0.2, 0.25) is 5.91 Å². The maximum atomic E-state index is 13.1. The summed E-state index contributed by atoms with van der Waals surface area (Å²) in [5.74, 6) is 1.64. The lowest BCUT2D eigenvalue weighted by atomic mass is 9.71. The number of aryl methyl sites for hydroxylation is 2. The first-order valence-corrected chi connectivity index (χ1v) is 17.5. The Balaban J connectivity index is 1.08. The van der Waals surface area contributed by atoms with Crippen molar-refractivity contribution in [2.24, 2.45) is 5.92 Å². The maximum absolute atomic E-state index is 13.1. The summed E-state index contributed by atoms with van der Waals surface area (Å²) < 4.78 is 8.66. The number of fused-ring (bicyclic) bond motifs is 3. The molecule has 4 aliphatic rings. The van der Waals surface area contributed by atoms with E-state index in [9.17, 15) is 9.59 Å². The van der Waals surface area contributed by atoms with Gasteiger partial charge < -0.3 is 14.6 Å². The molecule has 3 atom stereocenters. The zero-order valence-electron chi connectivity index (χ0n) is 27.2. The number of carbonyl (C=O) groups excluding carboxylic acids is 2. The number of ether oxygens (including phenoxy) is 1. The number of hydrogen-bond donors (Lipinski definition) is 1. The average Bonchev–Trinajstić information content (AvgIpc) is 3.37. The van der Waals surface area contributed by atoms with Gasteiger partial charge in [0.15, 0.2) is 5.78 Å². The second-order valence-electron chi connectivity index (χ2n) is 13.6. The molecule has 6 nitrogen and oxygen atoms in total. The van der Waals surface area contributed by atoms with Gasteiger partial charge >= 0.3 is 0 Å². The van der Waals surface area contributed by atoms with Crippen molar-refractivity contribution in [3.63, 3.8) is 0 Å². The van der Waals surface area contributed by atoms with E-state index in [0.717, 1.165) is 72.6 Å². The number of benzene rings is 2. The van der Waals surface area contributed by atoms with Crippen molar-refractivity contribution in [3.8, 4) is 0 Å². The summed E-state index contributed by atoms with van der Waals surface area (Å²) in [6, 6.07) is 14.5. The molecule has 244 valence electrons. The second-order valence-corrected chi connectivity index (χ2v) is 14.4. The highest BCUT2D eigenvalue weighted by atomic mass is 35.5. The van der Waals surface area contributed by atoms with Gasteiger partial charge in [-0.2, -0.15) is 0 Å². The van der Waals surface area contributed by atoms with Crippen LogP contribution in [0.4, 0.5) is 0 Å². The fourth-order valence-electron chi connectivity index (χ4n) is 7.69. The van der Waals surface area contributed by atoms with Crippen LogP contribution in [0.3, 0.4) is 0 Å². The van der Waals surface area contributed by atoms with Gasteiger partial charge in [-0.25, -0.2) is 0 Å². The molecule has 2 aliphatic heterocycles. The lowest BCUT2D eigenvalue weighted by molar-refractivity contribution is -0.120. The van der Waals surface area contributed by atoms with E-state index in [2.05, 4.69) is 60.0 Å². The van der Waals surface area contributed by atoms with Crippen molar-refractivity contribution in [2.75, 3.05) is 6.54 Å². The molecule has 1 amide bonds. The van der Waals surface area contributed by atoms with Gasteiger partial charge in [0.1, 0.15) is 5.76 Å². The standard InChI is InChI=1S/C38H45Cl2N3O3/c1-24(2)46-36-10-5-9-32-29(20-37(45)41-22-26-8-4-7-25(3)15-26)23-42(38(32)36)13-6-14-43-30-16-27(17-31(43)21-30)18-35(44)28-11-12-33(39)34(40)19-28/h4,7-9,11-12,15,19,23-24,27,30-31H,5-6,10,13-14,16-18,20-22H2,1-3H3,(H,41,45)/t27?,30-,31?/m1/s1. The number of amides is 1. The number of rotatable bonds is 13. The van der Waals surface area contributed by atoms with Gasteiger partial charge in [0.05, 0.1) is 27.9 Å². The summed E-state index contributed by atoms with van der Waals surface area (Å²) in [5, 5.41) is 6.33. The van der Waals surface area contributed by atoms with E-state index in [0.29, 0.717) is 53.0 Å². The van der Waals surface area contributed by atoms with Crippen molar-refractivity contribution < 1.29 is 14.3 Å². The monoisotopic (exact) mass is 661 g/mol. The molecule has 1 N–H and O–H groups in total. The highest BCUT2D eigenvalue weighted by Crippen LogP contribution is 2.43. The highest BCUT2D eigenvalue weighted by Gasteiger charge is 2.45. The summed E-state index contributed by atoms with van der Waals surface area (Å²) in [6.45, 7) is 8.66. The van der Waals surface area contributed by atoms with E-state index in [1.807, 2.05) is 12.1 Å². The van der Waals surface area contributed by atoms with Crippen LogP contribution in [0, 0.1) is 12.8 Å². The smallest absolute Gasteiger partial charge is 0.224 e. The van der Waals surface area contributed by atoms with Crippen LogP contribution < -0.4 is 15.9 Å². The minimum atomic E-state index is 0.0346. The fourth-order valence-corrected chi connectivity index (χ4v) is 7.99. The SMILES string of the molecule is Cc1cccc(CNC(=O)Cc2cn(CCCN3C4CC(CC(=O)c5ccc(Cl)c(Cl)c5)C[C@@H]3C4)c3c2=CCCC=3OC(C)C)c1. The lowest BCUT2D eigenvalue weighted by Crippen LogP contribution is -2.61. The summed E-state index contributed by atoms with van der Waals surface area (Å²) in [7, 11) is 0. The third-order valence-corrected chi connectivity index (χ3v) is 10.4. The van der Waals surface area contributed by atoms with Crippen molar-refractivity contribution >= 4 is 46.7 Å². The van der Waals surface area contributed by atoms with E-state index in [-0.39, 0.29) is 17.8 Å². The van der Waals surface area contributed by atoms with Gasteiger partial charge in [-0.15, -0.1) is 0 Å². The Hall–Kier alpha value is -3.06. The van der Waals surface area contributed by atoms with Crippen LogP contribution in [0.15, 0.2) is 48.7 Å². The number of piperidine rings is 1. The molecule has 0 spiro atoms. The number of nitrogens with zero attached hydrogens (tertiary/aromatic N) is 2. The number of nitrogens with one attached hydrogen (secondary N) is 1. The molecular weight excluding hydrogens is 617 g/mol. The van der Waals surface area contributed by atoms with Crippen molar-refractivity contribution in [1.29, 1.82) is 0 Å². The largest absolute Gasteiger partial charge is 0.493 e. The Morgan fingerprint density at radius 1 is 1.02 bits per heavy atom. The zero-order valence-corrected chi connectivity index (χ0v) is 28.7. The first kappa shape index (κ1) is 32.9. The fraction of sp³-hybridized carbons (Fsp3) is 0.474. The van der Waals surface area contributed by atoms with Gasteiger partial charge in [-0.05, 0) is 88.1 Å². The van der Waals surface area contributed by atoms with E-state index < -0.39 is 0 Å². The molecule has 8 heteroatoms. The molecular formula is C38H45Cl2N3O3. The Kier molecular flexibility index (Phi) is 10.3. The molecule has 3 aromatic rings.